The van der Waals surface area contributed by atoms with Crippen molar-refractivity contribution in [3.8, 4) is 11.5 Å². The summed E-state index contributed by atoms with van der Waals surface area (Å²) in [7, 11) is 1.26. The summed E-state index contributed by atoms with van der Waals surface area (Å²) < 4.78 is 15.1. The van der Waals surface area contributed by atoms with Gasteiger partial charge in [-0.1, -0.05) is 43.7 Å². The smallest absolute Gasteiger partial charge is 0.465 e. The first-order chi connectivity index (χ1) is 11.2. The van der Waals surface area contributed by atoms with Gasteiger partial charge in [0.25, 0.3) is 0 Å². The fourth-order valence-electron chi connectivity index (χ4n) is 2.11. The van der Waals surface area contributed by atoms with Crippen molar-refractivity contribution in [3.05, 3.63) is 59.7 Å². The van der Waals surface area contributed by atoms with Crippen molar-refractivity contribution in [1.82, 2.24) is 0 Å². The summed E-state index contributed by atoms with van der Waals surface area (Å²) in [6.07, 6.45) is 0.827. The molecule has 23 heavy (non-hydrogen) atoms. The Labute approximate surface area is 134 Å². The predicted molar refractivity (Wildman–Crippen MR) is 84.9 cm³/mol. The van der Waals surface area contributed by atoms with E-state index in [1.165, 1.54) is 19.2 Å². The molecule has 0 amide bonds. The largest absolute Gasteiger partial charge is 0.519 e. The zero-order valence-corrected chi connectivity index (χ0v) is 13.1. The maximum atomic E-state index is 12.0. The van der Waals surface area contributed by atoms with Crippen LogP contribution in [0.25, 0.3) is 0 Å². The SMILES string of the molecule is CCCc1ccccc1OC(=O)Oc1ccccc1C(=O)OC. The molecule has 0 aliphatic carbocycles. The number of benzene rings is 2. The monoisotopic (exact) mass is 314 g/mol. The molecule has 0 N–H and O–H groups in total. The number of carbonyl (C=O) groups excluding carboxylic acids is 2. The predicted octanol–water partition coefficient (Wildman–Crippen LogP) is 4.00. The van der Waals surface area contributed by atoms with Crippen molar-refractivity contribution in [2.24, 2.45) is 0 Å². The summed E-state index contributed by atoms with van der Waals surface area (Å²) in [6, 6.07) is 13.6. The van der Waals surface area contributed by atoms with Crippen molar-refractivity contribution < 1.29 is 23.8 Å². The van der Waals surface area contributed by atoms with Crippen LogP contribution in [0.2, 0.25) is 0 Å². The van der Waals surface area contributed by atoms with Crippen LogP contribution in [0.1, 0.15) is 29.3 Å². The molecule has 0 heterocycles. The summed E-state index contributed by atoms with van der Waals surface area (Å²) in [4.78, 5) is 23.7. The number of hydrogen-bond donors (Lipinski definition) is 0. The van der Waals surface area contributed by atoms with Crippen LogP contribution in [0.4, 0.5) is 4.79 Å². The minimum Gasteiger partial charge on any atom is -0.465 e. The van der Waals surface area contributed by atoms with E-state index >= 15 is 0 Å². The lowest BCUT2D eigenvalue weighted by molar-refractivity contribution is 0.0597. The van der Waals surface area contributed by atoms with Gasteiger partial charge in [0.1, 0.15) is 17.1 Å². The minimum atomic E-state index is -0.898. The highest BCUT2D eigenvalue weighted by atomic mass is 16.7. The quantitative estimate of drug-likeness (QED) is 0.616. The maximum Gasteiger partial charge on any atom is 0.519 e. The number of hydrogen-bond acceptors (Lipinski definition) is 5. The Balaban J connectivity index is 2.13. The molecule has 0 aliphatic heterocycles. The summed E-state index contributed by atoms with van der Waals surface area (Å²) >= 11 is 0. The van der Waals surface area contributed by atoms with Gasteiger partial charge in [-0.3, -0.25) is 0 Å². The van der Waals surface area contributed by atoms with Crippen molar-refractivity contribution in [3.63, 3.8) is 0 Å². The molecule has 0 unspecified atom stereocenters. The second-order valence-corrected chi connectivity index (χ2v) is 4.80. The van der Waals surface area contributed by atoms with E-state index in [0.717, 1.165) is 18.4 Å². The molecule has 0 saturated heterocycles. The van der Waals surface area contributed by atoms with Gasteiger partial charge in [-0.15, -0.1) is 0 Å². The van der Waals surface area contributed by atoms with Crippen LogP contribution < -0.4 is 9.47 Å². The van der Waals surface area contributed by atoms with Crippen molar-refractivity contribution >= 4 is 12.1 Å². The van der Waals surface area contributed by atoms with Crippen LogP contribution in [-0.4, -0.2) is 19.2 Å². The molecular weight excluding hydrogens is 296 g/mol. The van der Waals surface area contributed by atoms with Gasteiger partial charge in [0.15, 0.2) is 0 Å². The molecule has 0 fully saturated rings. The van der Waals surface area contributed by atoms with E-state index in [9.17, 15) is 9.59 Å². The third kappa shape index (κ3) is 4.32. The number of para-hydroxylation sites is 2. The highest BCUT2D eigenvalue weighted by Gasteiger charge is 2.17. The Morgan fingerprint density at radius 2 is 1.52 bits per heavy atom. The maximum absolute atomic E-state index is 12.0. The molecule has 0 saturated carbocycles. The van der Waals surface area contributed by atoms with Gasteiger partial charge in [0, 0.05) is 0 Å². The lowest BCUT2D eigenvalue weighted by atomic mass is 10.1. The molecule has 2 aromatic carbocycles. The fraction of sp³-hybridized carbons (Fsp3) is 0.222. The van der Waals surface area contributed by atoms with Crippen LogP contribution in [-0.2, 0) is 11.2 Å². The molecule has 0 radical (unpaired) electrons. The average Bonchev–Trinajstić information content (AvgIpc) is 2.56. The van der Waals surface area contributed by atoms with E-state index in [1.807, 2.05) is 19.1 Å². The van der Waals surface area contributed by atoms with Crippen molar-refractivity contribution in [2.45, 2.75) is 19.8 Å². The van der Waals surface area contributed by atoms with E-state index in [-0.39, 0.29) is 11.3 Å². The van der Waals surface area contributed by atoms with E-state index in [0.29, 0.717) is 5.75 Å². The van der Waals surface area contributed by atoms with Gasteiger partial charge >= 0.3 is 12.1 Å². The first-order valence-corrected chi connectivity index (χ1v) is 7.30. The van der Waals surface area contributed by atoms with E-state index < -0.39 is 12.1 Å². The van der Waals surface area contributed by atoms with Crippen LogP contribution in [0.3, 0.4) is 0 Å². The highest BCUT2D eigenvalue weighted by Crippen LogP contribution is 2.22. The first-order valence-electron chi connectivity index (χ1n) is 7.30. The Morgan fingerprint density at radius 3 is 2.22 bits per heavy atom. The summed E-state index contributed by atoms with van der Waals surface area (Å²) in [5.41, 5.74) is 1.09. The standard InChI is InChI=1S/C18H18O5/c1-3-8-13-9-4-6-11-15(13)22-18(20)23-16-12-7-5-10-14(16)17(19)21-2/h4-7,9-12H,3,8H2,1-2H3. The van der Waals surface area contributed by atoms with E-state index in [2.05, 4.69) is 4.74 Å². The van der Waals surface area contributed by atoms with Gasteiger partial charge in [-0.2, -0.15) is 0 Å². The molecule has 0 aromatic heterocycles. The normalized spacial score (nSPS) is 10.0. The third-order valence-corrected chi connectivity index (χ3v) is 3.17. The number of rotatable bonds is 5. The van der Waals surface area contributed by atoms with Crippen LogP contribution in [0, 0.1) is 0 Å². The van der Waals surface area contributed by atoms with Crippen LogP contribution >= 0.6 is 0 Å². The van der Waals surface area contributed by atoms with Gasteiger partial charge in [0.2, 0.25) is 0 Å². The number of methoxy groups -OCH3 is 1. The molecule has 0 aliphatic rings. The van der Waals surface area contributed by atoms with Gasteiger partial charge in [-0.25, -0.2) is 9.59 Å². The van der Waals surface area contributed by atoms with Gasteiger partial charge < -0.3 is 14.2 Å². The summed E-state index contributed by atoms with van der Waals surface area (Å²) in [5.74, 6) is -0.0352. The van der Waals surface area contributed by atoms with Gasteiger partial charge in [0.05, 0.1) is 7.11 Å². The van der Waals surface area contributed by atoms with Crippen LogP contribution in [0.5, 0.6) is 11.5 Å². The number of esters is 1. The van der Waals surface area contributed by atoms with Crippen molar-refractivity contribution in [1.29, 1.82) is 0 Å². The number of aryl methyl sites for hydroxylation is 1. The third-order valence-electron chi connectivity index (χ3n) is 3.17. The minimum absolute atomic E-state index is 0.0947. The zero-order valence-electron chi connectivity index (χ0n) is 13.1. The molecule has 0 spiro atoms. The Morgan fingerprint density at radius 1 is 0.913 bits per heavy atom. The second kappa shape index (κ2) is 7.98. The van der Waals surface area contributed by atoms with Crippen LogP contribution in [0.15, 0.2) is 48.5 Å². The molecule has 5 heteroatoms. The molecule has 5 nitrogen and oxygen atoms in total. The molecule has 0 bridgehead atoms. The van der Waals surface area contributed by atoms with E-state index in [4.69, 9.17) is 9.47 Å². The zero-order chi connectivity index (χ0) is 16.7. The molecule has 120 valence electrons. The molecule has 0 atom stereocenters. The molecule has 2 rings (SSSR count). The summed E-state index contributed by atoms with van der Waals surface area (Å²) in [6.45, 7) is 2.04. The summed E-state index contributed by atoms with van der Waals surface area (Å²) in [5, 5.41) is 0. The Kier molecular flexibility index (Phi) is 5.74. The van der Waals surface area contributed by atoms with Gasteiger partial charge in [-0.05, 0) is 30.2 Å². The highest BCUT2D eigenvalue weighted by molar-refractivity contribution is 5.93. The number of ether oxygens (including phenoxy) is 3. The van der Waals surface area contributed by atoms with E-state index in [1.54, 1.807) is 24.3 Å². The fourth-order valence-corrected chi connectivity index (χ4v) is 2.11. The molecular formula is C18H18O5. The average molecular weight is 314 g/mol. The Bertz CT molecular complexity index is 693. The lowest BCUT2D eigenvalue weighted by Crippen LogP contribution is -2.16. The number of carbonyl (C=O) groups is 2. The van der Waals surface area contributed by atoms with Crippen molar-refractivity contribution in [2.75, 3.05) is 7.11 Å². The second-order valence-electron chi connectivity index (χ2n) is 4.80. The topological polar surface area (TPSA) is 61.8 Å². The first kappa shape index (κ1) is 16.5. The Hall–Kier alpha value is -2.82. The molecule has 2 aromatic rings. The lowest BCUT2D eigenvalue weighted by Gasteiger charge is -2.11.